The quantitative estimate of drug-likeness (QED) is 0.738. The summed E-state index contributed by atoms with van der Waals surface area (Å²) in [6.45, 7) is 5.38. The van der Waals surface area contributed by atoms with Crippen LogP contribution in [0.4, 0.5) is 5.69 Å². The normalized spacial score (nSPS) is 12.2. The molecular weight excluding hydrogens is 290 g/mol. The topological polar surface area (TPSA) is 101 Å². The number of amides is 1. The first-order valence-electron chi connectivity index (χ1n) is 6.84. The Hall–Kier alpha value is -1.44. The van der Waals surface area contributed by atoms with E-state index in [-0.39, 0.29) is 10.8 Å². The van der Waals surface area contributed by atoms with E-state index < -0.39 is 15.6 Å². The lowest BCUT2D eigenvalue weighted by Crippen LogP contribution is -2.50. The summed E-state index contributed by atoms with van der Waals surface area (Å²) in [5.41, 5.74) is 6.09. The maximum Gasteiger partial charge on any atom is 0.244 e. The fourth-order valence-corrected chi connectivity index (χ4v) is 2.90. The summed E-state index contributed by atoms with van der Waals surface area (Å²) in [5, 5.41) is 2.69. The molecule has 1 aromatic rings. The van der Waals surface area contributed by atoms with Gasteiger partial charge >= 0.3 is 0 Å². The van der Waals surface area contributed by atoms with Gasteiger partial charge in [-0.3, -0.25) is 4.79 Å². The summed E-state index contributed by atoms with van der Waals surface area (Å²) < 4.78 is 26.1. The Morgan fingerprint density at radius 3 is 2.33 bits per heavy atom. The maximum absolute atomic E-state index is 12.2. The molecule has 1 rings (SSSR count). The predicted octanol–water partition coefficient (Wildman–Crippen LogP) is 1.36. The molecule has 6 nitrogen and oxygen atoms in total. The van der Waals surface area contributed by atoms with E-state index in [1.54, 1.807) is 19.1 Å². The number of hydrogen-bond acceptors (Lipinski definition) is 4. The molecule has 0 aromatic heterocycles. The van der Waals surface area contributed by atoms with E-state index in [2.05, 4.69) is 10.0 Å². The lowest BCUT2D eigenvalue weighted by atomic mass is 9.93. The van der Waals surface area contributed by atoms with Crippen LogP contribution in [0.15, 0.2) is 23.1 Å². The SMILES string of the molecule is CCC(N)(CC)C(=O)Nc1ccc(C)c(S(=O)(=O)NC)c1. The third kappa shape index (κ3) is 3.81. The first-order chi connectivity index (χ1) is 9.70. The summed E-state index contributed by atoms with van der Waals surface area (Å²) >= 11 is 0. The van der Waals surface area contributed by atoms with Crippen LogP contribution in [-0.2, 0) is 14.8 Å². The highest BCUT2D eigenvalue weighted by Gasteiger charge is 2.30. The molecule has 0 atom stereocenters. The number of anilines is 1. The highest BCUT2D eigenvalue weighted by Crippen LogP contribution is 2.21. The van der Waals surface area contributed by atoms with Crippen molar-refractivity contribution in [3.05, 3.63) is 23.8 Å². The molecule has 0 aliphatic rings. The smallest absolute Gasteiger partial charge is 0.244 e. The number of carbonyl (C=O) groups excluding carboxylic acids is 1. The lowest BCUT2D eigenvalue weighted by molar-refractivity contribution is -0.121. The van der Waals surface area contributed by atoms with Gasteiger partial charge in [0.2, 0.25) is 15.9 Å². The minimum absolute atomic E-state index is 0.137. The molecule has 0 fully saturated rings. The molecule has 118 valence electrons. The Morgan fingerprint density at radius 1 is 1.29 bits per heavy atom. The van der Waals surface area contributed by atoms with Crippen LogP contribution in [0.2, 0.25) is 0 Å². The van der Waals surface area contributed by atoms with Gasteiger partial charge in [0, 0.05) is 5.69 Å². The van der Waals surface area contributed by atoms with E-state index in [0.717, 1.165) is 0 Å². The second kappa shape index (κ2) is 6.55. The van der Waals surface area contributed by atoms with Crippen LogP contribution in [-0.4, -0.2) is 26.9 Å². The van der Waals surface area contributed by atoms with Gasteiger partial charge in [0.25, 0.3) is 0 Å². The van der Waals surface area contributed by atoms with Gasteiger partial charge in [-0.05, 0) is 44.5 Å². The van der Waals surface area contributed by atoms with Crippen molar-refractivity contribution in [1.29, 1.82) is 0 Å². The van der Waals surface area contributed by atoms with E-state index in [1.807, 2.05) is 13.8 Å². The highest BCUT2D eigenvalue weighted by atomic mass is 32.2. The van der Waals surface area contributed by atoms with Crippen LogP contribution < -0.4 is 15.8 Å². The average molecular weight is 313 g/mol. The molecule has 0 saturated heterocycles. The monoisotopic (exact) mass is 313 g/mol. The van der Waals surface area contributed by atoms with Crippen LogP contribution in [0.5, 0.6) is 0 Å². The molecular formula is C14H23N3O3S. The lowest BCUT2D eigenvalue weighted by Gasteiger charge is -2.25. The fraction of sp³-hybridized carbons (Fsp3) is 0.500. The maximum atomic E-state index is 12.2. The van der Waals surface area contributed by atoms with Crippen molar-refractivity contribution in [3.63, 3.8) is 0 Å². The van der Waals surface area contributed by atoms with Gasteiger partial charge in [-0.25, -0.2) is 13.1 Å². The number of nitrogens with two attached hydrogens (primary N) is 1. The molecule has 1 aromatic carbocycles. The largest absolute Gasteiger partial charge is 0.324 e. The van der Waals surface area contributed by atoms with E-state index in [4.69, 9.17) is 5.73 Å². The molecule has 7 heteroatoms. The fourth-order valence-electron chi connectivity index (χ4n) is 1.90. The van der Waals surface area contributed by atoms with Gasteiger partial charge in [0.1, 0.15) is 0 Å². The number of aryl methyl sites for hydroxylation is 1. The van der Waals surface area contributed by atoms with Crippen molar-refractivity contribution >= 4 is 21.6 Å². The summed E-state index contributed by atoms with van der Waals surface area (Å²) in [6, 6.07) is 4.74. The third-order valence-corrected chi connectivity index (χ3v) is 5.27. The second-order valence-corrected chi connectivity index (χ2v) is 6.86. The van der Waals surface area contributed by atoms with Crippen molar-refractivity contribution in [2.45, 2.75) is 44.0 Å². The molecule has 0 heterocycles. The Morgan fingerprint density at radius 2 is 1.86 bits per heavy atom. The summed E-state index contributed by atoms with van der Waals surface area (Å²) in [6.07, 6.45) is 1.01. The average Bonchev–Trinajstić information content (AvgIpc) is 2.48. The molecule has 0 bridgehead atoms. The van der Waals surface area contributed by atoms with E-state index in [1.165, 1.54) is 13.1 Å². The predicted molar refractivity (Wildman–Crippen MR) is 83.6 cm³/mol. The molecule has 0 spiro atoms. The van der Waals surface area contributed by atoms with Crippen molar-refractivity contribution in [2.24, 2.45) is 5.73 Å². The minimum atomic E-state index is -3.57. The first-order valence-corrected chi connectivity index (χ1v) is 8.33. The molecule has 0 aliphatic heterocycles. The molecule has 0 aliphatic carbocycles. The van der Waals surface area contributed by atoms with Crippen molar-refractivity contribution in [1.82, 2.24) is 4.72 Å². The van der Waals surface area contributed by atoms with Gasteiger partial charge in [0.15, 0.2) is 0 Å². The Labute approximate surface area is 126 Å². The van der Waals surface area contributed by atoms with E-state index >= 15 is 0 Å². The number of sulfonamides is 1. The molecule has 21 heavy (non-hydrogen) atoms. The number of benzene rings is 1. The van der Waals surface area contributed by atoms with Crippen LogP contribution in [0, 0.1) is 6.92 Å². The van der Waals surface area contributed by atoms with Gasteiger partial charge in [-0.15, -0.1) is 0 Å². The zero-order valence-corrected chi connectivity index (χ0v) is 13.7. The molecule has 0 saturated carbocycles. The van der Waals surface area contributed by atoms with Crippen molar-refractivity contribution in [3.8, 4) is 0 Å². The molecule has 0 unspecified atom stereocenters. The number of hydrogen-bond donors (Lipinski definition) is 3. The zero-order chi connectivity index (χ0) is 16.3. The van der Waals surface area contributed by atoms with E-state index in [9.17, 15) is 13.2 Å². The summed E-state index contributed by atoms with van der Waals surface area (Å²) in [5.74, 6) is -0.316. The summed E-state index contributed by atoms with van der Waals surface area (Å²) in [4.78, 5) is 12.3. The molecule has 1 amide bonds. The summed E-state index contributed by atoms with van der Waals surface area (Å²) in [7, 11) is -2.22. The van der Waals surface area contributed by atoms with Crippen LogP contribution in [0.3, 0.4) is 0 Å². The zero-order valence-electron chi connectivity index (χ0n) is 12.9. The van der Waals surface area contributed by atoms with Gasteiger partial charge in [-0.2, -0.15) is 0 Å². The Bertz CT molecular complexity index is 622. The third-order valence-electron chi connectivity index (χ3n) is 3.72. The van der Waals surface area contributed by atoms with E-state index in [0.29, 0.717) is 24.1 Å². The minimum Gasteiger partial charge on any atom is -0.324 e. The van der Waals surface area contributed by atoms with Crippen LogP contribution in [0.1, 0.15) is 32.3 Å². The highest BCUT2D eigenvalue weighted by molar-refractivity contribution is 7.89. The number of nitrogens with one attached hydrogen (secondary N) is 2. The van der Waals surface area contributed by atoms with Crippen LogP contribution >= 0.6 is 0 Å². The van der Waals surface area contributed by atoms with Gasteiger partial charge in [0.05, 0.1) is 10.4 Å². The van der Waals surface area contributed by atoms with Crippen LogP contribution in [0.25, 0.3) is 0 Å². The number of carbonyl (C=O) groups is 1. The standard InChI is InChI=1S/C14H23N3O3S/c1-5-14(15,6-2)13(18)17-11-8-7-10(3)12(9-11)21(19,20)16-4/h7-9,16H,5-6,15H2,1-4H3,(H,17,18). The van der Waals surface area contributed by atoms with Gasteiger partial charge < -0.3 is 11.1 Å². The second-order valence-electron chi connectivity index (χ2n) is 5.01. The van der Waals surface area contributed by atoms with Crippen molar-refractivity contribution in [2.75, 3.05) is 12.4 Å². The number of rotatable bonds is 6. The molecule has 0 radical (unpaired) electrons. The Balaban J connectivity index is 3.13. The first kappa shape index (κ1) is 17.6. The molecule has 4 N–H and O–H groups in total. The van der Waals surface area contributed by atoms with Gasteiger partial charge in [-0.1, -0.05) is 19.9 Å². The van der Waals surface area contributed by atoms with Crippen molar-refractivity contribution < 1.29 is 13.2 Å². The Kier molecular flexibility index (Phi) is 5.49.